The van der Waals surface area contributed by atoms with Crippen molar-refractivity contribution >= 4 is 35.3 Å². The summed E-state index contributed by atoms with van der Waals surface area (Å²) >= 11 is 3.88. The number of nitrogens with one attached hydrogen (secondary N) is 2. The summed E-state index contributed by atoms with van der Waals surface area (Å²) in [6, 6.07) is 7.13. The second kappa shape index (κ2) is 7.75. The molecule has 6 heteroatoms. The lowest BCUT2D eigenvalue weighted by Gasteiger charge is -2.14. The normalized spacial score (nSPS) is 16.5. The number of carbonyl (C=O) groups excluding carboxylic acids is 2. The monoisotopic (exact) mass is 324 g/mol. The predicted octanol–water partition coefficient (Wildman–Crippen LogP) is 2.42. The highest BCUT2D eigenvalue weighted by molar-refractivity contribution is 8.19. The lowest BCUT2D eigenvalue weighted by atomic mass is 10.1. The zero-order valence-corrected chi connectivity index (χ0v) is 13.9. The molecule has 1 aromatic rings. The molecule has 0 spiro atoms. The first-order valence-corrected chi connectivity index (χ1v) is 9.13. The molecule has 1 atom stereocenters. The third kappa shape index (κ3) is 4.41. The fourth-order valence-corrected chi connectivity index (χ4v) is 4.87. The highest BCUT2D eigenvalue weighted by Crippen LogP contribution is 2.45. The summed E-state index contributed by atoms with van der Waals surface area (Å²) in [5.41, 5.74) is 1.83. The van der Waals surface area contributed by atoms with Crippen LogP contribution in [-0.2, 0) is 4.79 Å². The van der Waals surface area contributed by atoms with E-state index in [0.717, 1.165) is 0 Å². The van der Waals surface area contributed by atoms with Gasteiger partial charge in [-0.05, 0) is 31.5 Å². The van der Waals surface area contributed by atoms with Gasteiger partial charge in [-0.1, -0.05) is 12.1 Å². The molecule has 4 nitrogen and oxygen atoms in total. The van der Waals surface area contributed by atoms with Crippen molar-refractivity contribution in [1.29, 1.82) is 0 Å². The number of rotatable bonds is 5. The largest absolute Gasteiger partial charge is 0.355 e. The van der Waals surface area contributed by atoms with E-state index >= 15 is 0 Å². The van der Waals surface area contributed by atoms with E-state index in [1.165, 1.54) is 17.1 Å². The minimum Gasteiger partial charge on any atom is -0.355 e. The third-order valence-corrected chi connectivity index (χ3v) is 6.26. The number of amides is 2. The summed E-state index contributed by atoms with van der Waals surface area (Å²) in [7, 11) is 0. The van der Waals surface area contributed by atoms with Crippen LogP contribution in [0.5, 0.6) is 0 Å². The van der Waals surface area contributed by atoms with Gasteiger partial charge < -0.3 is 10.6 Å². The van der Waals surface area contributed by atoms with E-state index in [1.54, 1.807) is 6.92 Å². The lowest BCUT2D eigenvalue weighted by Crippen LogP contribution is -2.44. The van der Waals surface area contributed by atoms with Gasteiger partial charge in [-0.25, -0.2) is 0 Å². The molecule has 1 aromatic carbocycles. The van der Waals surface area contributed by atoms with Crippen LogP contribution >= 0.6 is 23.5 Å². The molecule has 0 aliphatic carbocycles. The van der Waals surface area contributed by atoms with Crippen LogP contribution in [0, 0.1) is 0 Å². The number of carbonyl (C=O) groups is 2. The summed E-state index contributed by atoms with van der Waals surface area (Å²) < 4.78 is 0.483. The Bertz CT molecular complexity index is 499. The first-order valence-electron chi connectivity index (χ1n) is 7.03. The summed E-state index contributed by atoms with van der Waals surface area (Å²) in [6.07, 6.45) is 0. The molecule has 114 valence electrons. The molecule has 1 aliphatic rings. The minimum absolute atomic E-state index is 0.166. The fourth-order valence-electron chi connectivity index (χ4n) is 2.02. The van der Waals surface area contributed by atoms with Gasteiger partial charge >= 0.3 is 0 Å². The maximum absolute atomic E-state index is 12.1. The first-order chi connectivity index (χ1) is 10.1. The zero-order chi connectivity index (χ0) is 15.2. The Kier molecular flexibility index (Phi) is 5.99. The van der Waals surface area contributed by atoms with Crippen molar-refractivity contribution in [3.8, 4) is 0 Å². The van der Waals surface area contributed by atoms with Crippen molar-refractivity contribution in [2.45, 2.75) is 24.5 Å². The molecule has 1 saturated heterocycles. The van der Waals surface area contributed by atoms with Gasteiger partial charge in [-0.15, -0.1) is 23.5 Å². The molecule has 0 bridgehead atoms. The lowest BCUT2D eigenvalue weighted by molar-refractivity contribution is -0.122. The van der Waals surface area contributed by atoms with Gasteiger partial charge in [0.2, 0.25) is 5.91 Å². The van der Waals surface area contributed by atoms with Crippen LogP contribution in [0.25, 0.3) is 0 Å². The first kappa shape index (κ1) is 16.2. The Morgan fingerprint density at radius 2 is 1.86 bits per heavy atom. The average Bonchev–Trinajstić information content (AvgIpc) is 3.01. The van der Waals surface area contributed by atoms with Crippen molar-refractivity contribution in [1.82, 2.24) is 10.6 Å². The van der Waals surface area contributed by atoms with E-state index in [9.17, 15) is 9.59 Å². The molecule has 2 rings (SSSR count). The predicted molar refractivity (Wildman–Crippen MR) is 89.7 cm³/mol. The summed E-state index contributed by atoms with van der Waals surface area (Å²) in [4.78, 5) is 23.7. The smallest absolute Gasteiger partial charge is 0.251 e. The van der Waals surface area contributed by atoms with E-state index in [-0.39, 0.29) is 11.8 Å². The number of likely N-dealkylation sites (N-methyl/N-ethyl adjacent to an activating group) is 1. The fraction of sp³-hybridized carbons (Fsp3) is 0.467. The Labute approximate surface area is 133 Å². The van der Waals surface area contributed by atoms with Crippen molar-refractivity contribution in [3.63, 3.8) is 0 Å². The Morgan fingerprint density at radius 1 is 1.24 bits per heavy atom. The number of benzene rings is 1. The van der Waals surface area contributed by atoms with Crippen LogP contribution in [-0.4, -0.2) is 35.9 Å². The van der Waals surface area contributed by atoms with Crippen LogP contribution in [0.3, 0.4) is 0 Å². The Hall–Kier alpha value is -1.14. The van der Waals surface area contributed by atoms with Crippen molar-refractivity contribution < 1.29 is 9.59 Å². The molecule has 0 saturated carbocycles. The number of thioether (sulfide) groups is 2. The van der Waals surface area contributed by atoms with E-state index in [1.807, 2.05) is 54.7 Å². The van der Waals surface area contributed by atoms with Crippen molar-refractivity contribution in [2.75, 3.05) is 18.1 Å². The molecule has 0 radical (unpaired) electrons. The van der Waals surface area contributed by atoms with E-state index < -0.39 is 6.04 Å². The molecule has 0 unspecified atom stereocenters. The molecule has 2 amide bonds. The number of hydrogen-bond acceptors (Lipinski definition) is 4. The third-order valence-electron chi connectivity index (χ3n) is 3.16. The maximum Gasteiger partial charge on any atom is 0.251 e. The SMILES string of the molecule is CCNC(=O)[C@@H](C)NC(=O)c1ccc(C2SCCS2)cc1. The van der Waals surface area contributed by atoms with Gasteiger partial charge in [0.05, 0.1) is 4.58 Å². The van der Waals surface area contributed by atoms with Crippen LogP contribution in [0.4, 0.5) is 0 Å². The van der Waals surface area contributed by atoms with E-state index in [0.29, 0.717) is 16.7 Å². The standard InChI is InChI=1S/C15H20N2O2S2/c1-3-16-13(18)10(2)17-14(19)11-4-6-12(7-5-11)15-20-8-9-21-15/h4-7,10,15H,3,8-9H2,1-2H3,(H,16,18)(H,17,19)/t10-/m1/s1. The number of hydrogen-bond donors (Lipinski definition) is 2. The van der Waals surface area contributed by atoms with Gasteiger partial charge in [-0.3, -0.25) is 9.59 Å². The molecule has 1 aliphatic heterocycles. The van der Waals surface area contributed by atoms with Crippen molar-refractivity contribution in [3.05, 3.63) is 35.4 Å². The quantitative estimate of drug-likeness (QED) is 0.873. The van der Waals surface area contributed by atoms with Crippen LogP contribution in [0.2, 0.25) is 0 Å². The minimum atomic E-state index is -0.530. The molecule has 1 fully saturated rings. The molecule has 21 heavy (non-hydrogen) atoms. The molecular weight excluding hydrogens is 304 g/mol. The summed E-state index contributed by atoms with van der Waals surface area (Å²) in [6.45, 7) is 4.09. The van der Waals surface area contributed by atoms with Crippen LogP contribution < -0.4 is 10.6 Å². The van der Waals surface area contributed by atoms with Gasteiger partial charge in [-0.2, -0.15) is 0 Å². The van der Waals surface area contributed by atoms with Gasteiger partial charge in [0.15, 0.2) is 0 Å². The van der Waals surface area contributed by atoms with Gasteiger partial charge in [0.25, 0.3) is 5.91 Å². The Morgan fingerprint density at radius 3 is 2.43 bits per heavy atom. The highest BCUT2D eigenvalue weighted by Gasteiger charge is 2.19. The summed E-state index contributed by atoms with van der Waals surface area (Å²) in [5.74, 6) is 1.98. The van der Waals surface area contributed by atoms with E-state index in [4.69, 9.17) is 0 Å². The Balaban J connectivity index is 1.94. The van der Waals surface area contributed by atoms with Gasteiger partial charge in [0.1, 0.15) is 6.04 Å². The second-order valence-corrected chi connectivity index (χ2v) is 7.51. The van der Waals surface area contributed by atoms with Crippen molar-refractivity contribution in [2.24, 2.45) is 0 Å². The topological polar surface area (TPSA) is 58.2 Å². The maximum atomic E-state index is 12.1. The summed E-state index contributed by atoms with van der Waals surface area (Å²) in [5, 5.41) is 5.40. The molecule has 1 heterocycles. The highest BCUT2D eigenvalue weighted by atomic mass is 32.2. The zero-order valence-electron chi connectivity index (χ0n) is 12.2. The molecule has 0 aromatic heterocycles. The molecule has 2 N–H and O–H groups in total. The van der Waals surface area contributed by atoms with Crippen LogP contribution in [0.1, 0.15) is 34.4 Å². The average molecular weight is 324 g/mol. The van der Waals surface area contributed by atoms with E-state index in [2.05, 4.69) is 10.6 Å². The molecular formula is C15H20N2O2S2. The van der Waals surface area contributed by atoms with Crippen LogP contribution in [0.15, 0.2) is 24.3 Å². The van der Waals surface area contributed by atoms with Gasteiger partial charge in [0, 0.05) is 23.6 Å². The second-order valence-electron chi connectivity index (χ2n) is 4.79.